The molecule has 1 unspecified atom stereocenters. The van der Waals surface area contributed by atoms with E-state index in [4.69, 9.17) is 4.74 Å². The van der Waals surface area contributed by atoms with Gasteiger partial charge in [0.25, 0.3) is 0 Å². The molecule has 0 saturated heterocycles. The molecule has 0 amide bonds. The first kappa shape index (κ1) is 11.0. The minimum absolute atomic E-state index is 0.277. The molecule has 0 N–H and O–H groups in total. The second-order valence-electron chi connectivity index (χ2n) is 4.45. The van der Waals surface area contributed by atoms with Gasteiger partial charge in [-0.25, -0.2) is 0 Å². The van der Waals surface area contributed by atoms with Crippen LogP contribution in [0.25, 0.3) is 0 Å². The van der Waals surface area contributed by atoms with Crippen molar-refractivity contribution >= 4 is 0 Å². The Balaban J connectivity index is 3.96. The largest absolute Gasteiger partial charge is 0.375 e. The van der Waals surface area contributed by atoms with Gasteiger partial charge in [-0.15, -0.1) is 0 Å². The third kappa shape index (κ3) is 4.41. The second-order valence-corrected chi connectivity index (χ2v) is 4.45. The molecule has 0 rings (SSSR count). The lowest BCUT2D eigenvalue weighted by molar-refractivity contribution is -0.0532. The second kappa shape index (κ2) is 4.10. The summed E-state index contributed by atoms with van der Waals surface area (Å²) in [5.74, 6) is 0. The van der Waals surface area contributed by atoms with Gasteiger partial charge >= 0.3 is 0 Å². The molecule has 0 saturated carbocycles. The summed E-state index contributed by atoms with van der Waals surface area (Å²) < 4.78 is 5.76. The molecule has 68 valence electrons. The van der Waals surface area contributed by atoms with E-state index in [9.17, 15) is 0 Å². The molecule has 0 aromatic carbocycles. The van der Waals surface area contributed by atoms with E-state index in [1.54, 1.807) is 0 Å². The van der Waals surface area contributed by atoms with Crippen LogP contribution in [0.5, 0.6) is 0 Å². The summed E-state index contributed by atoms with van der Waals surface area (Å²) in [7, 11) is 0. The van der Waals surface area contributed by atoms with Crippen LogP contribution in [-0.4, -0.2) is 12.2 Å². The Kier molecular flexibility index (Phi) is 4.09. The van der Waals surface area contributed by atoms with Crippen molar-refractivity contribution in [1.82, 2.24) is 0 Å². The summed E-state index contributed by atoms with van der Waals surface area (Å²) in [5.41, 5.74) is 0.277. The van der Waals surface area contributed by atoms with Crippen molar-refractivity contribution < 1.29 is 4.74 Å². The lowest BCUT2D eigenvalue weighted by atomic mass is 9.87. The van der Waals surface area contributed by atoms with Crippen LogP contribution in [0.3, 0.4) is 0 Å². The summed E-state index contributed by atoms with van der Waals surface area (Å²) in [6.07, 6.45) is 1.84. The Hall–Kier alpha value is -0.0400. The van der Waals surface area contributed by atoms with E-state index < -0.39 is 0 Å². The highest BCUT2D eigenvalue weighted by Crippen LogP contribution is 2.25. The fraction of sp³-hybridized carbons (Fsp3) is 1.00. The minimum Gasteiger partial charge on any atom is -0.375 e. The zero-order valence-electron chi connectivity index (χ0n) is 8.77. The highest BCUT2D eigenvalue weighted by Gasteiger charge is 2.24. The van der Waals surface area contributed by atoms with Crippen LogP contribution in [0.2, 0.25) is 0 Å². The van der Waals surface area contributed by atoms with Crippen molar-refractivity contribution in [3.05, 3.63) is 0 Å². The summed E-state index contributed by atoms with van der Waals surface area (Å²) in [5, 5.41) is 0. The molecule has 0 aromatic rings. The van der Waals surface area contributed by atoms with Crippen LogP contribution in [-0.2, 0) is 4.74 Å². The lowest BCUT2D eigenvalue weighted by Gasteiger charge is -2.31. The van der Waals surface area contributed by atoms with Crippen LogP contribution < -0.4 is 0 Å². The van der Waals surface area contributed by atoms with Gasteiger partial charge in [0.1, 0.15) is 0 Å². The SMILES string of the molecule is CCC(OC(C)C)C(C)(C)C. The molecule has 0 radical (unpaired) electrons. The Morgan fingerprint density at radius 1 is 1.18 bits per heavy atom. The van der Waals surface area contributed by atoms with Crippen molar-refractivity contribution in [3.8, 4) is 0 Å². The van der Waals surface area contributed by atoms with E-state index in [-0.39, 0.29) is 5.41 Å². The maximum Gasteiger partial charge on any atom is 0.0624 e. The number of hydrogen-bond donors (Lipinski definition) is 0. The minimum atomic E-state index is 0.277. The van der Waals surface area contributed by atoms with Gasteiger partial charge in [-0.1, -0.05) is 27.7 Å². The number of hydrogen-bond acceptors (Lipinski definition) is 1. The van der Waals surface area contributed by atoms with Crippen molar-refractivity contribution in [3.63, 3.8) is 0 Å². The highest BCUT2D eigenvalue weighted by atomic mass is 16.5. The van der Waals surface area contributed by atoms with E-state index in [0.717, 1.165) is 6.42 Å². The summed E-state index contributed by atoms with van der Waals surface area (Å²) in [4.78, 5) is 0. The molecule has 0 fully saturated rings. The third-order valence-electron chi connectivity index (χ3n) is 1.77. The zero-order valence-corrected chi connectivity index (χ0v) is 8.77. The van der Waals surface area contributed by atoms with Gasteiger partial charge in [-0.05, 0) is 25.7 Å². The molecule has 1 atom stereocenters. The molecular formula is C10H22O. The smallest absolute Gasteiger partial charge is 0.0624 e. The molecule has 0 aromatic heterocycles. The topological polar surface area (TPSA) is 9.23 Å². The first-order valence-corrected chi connectivity index (χ1v) is 4.53. The van der Waals surface area contributed by atoms with Gasteiger partial charge in [-0.3, -0.25) is 0 Å². The molecule has 1 nitrogen and oxygen atoms in total. The first-order valence-electron chi connectivity index (χ1n) is 4.53. The maximum atomic E-state index is 5.76. The molecule has 0 aliphatic rings. The van der Waals surface area contributed by atoms with Crippen LogP contribution >= 0.6 is 0 Å². The zero-order chi connectivity index (χ0) is 9.07. The third-order valence-corrected chi connectivity index (χ3v) is 1.77. The molecular weight excluding hydrogens is 136 g/mol. The van der Waals surface area contributed by atoms with Gasteiger partial charge in [0.05, 0.1) is 12.2 Å². The van der Waals surface area contributed by atoms with Gasteiger partial charge in [-0.2, -0.15) is 0 Å². The summed E-state index contributed by atoms with van der Waals surface area (Å²) in [6, 6.07) is 0. The number of ether oxygens (including phenoxy) is 1. The Labute approximate surface area is 71.1 Å². The van der Waals surface area contributed by atoms with Crippen LogP contribution in [0.4, 0.5) is 0 Å². The fourth-order valence-corrected chi connectivity index (χ4v) is 1.24. The van der Waals surface area contributed by atoms with E-state index >= 15 is 0 Å². The predicted octanol–water partition coefficient (Wildman–Crippen LogP) is 3.24. The Bertz CT molecular complexity index is 99.9. The molecule has 0 aliphatic carbocycles. The first-order chi connectivity index (χ1) is 4.88. The standard InChI is InChI=1S/C10H22O/c1-7-9(10(4,5)6)11-8(2)3/h8-9H,7H2,1-6H3. The van der Waals surface area contributed by atoms with E-state index in [0.29, 0.717) is 12.2 Å². The lowest BCUT2D eigenvalue weighted by Crippen LogP contribution is -2.30. The van der Waals surface area contributed by atoms with Crippen molar-refractivity contribution in [1.29, 1.82) is 0 Å². The molecule has 0 spiro atoms. The number of rotatable bonds is 3. The molecule has 0 aliphatic heterocycles. The summed E-state index contributed by atoms with van der Waals surface area (Å²) >= 11 is 0. The van der Waals surface area contributed by atoms with Crippen LogP contribution in [0.15, 0.2) is 0 Å². The maximum absolute atomic E-state index is 5.76. The fourth-order valence-electron chi connectivity index (χ4n) is 1.24. The average molecular weight is 158 g/mol. The molecule has 0 heterocycles. The van der Waals surface area contributed by atoms with Crippen LogP contribution in [0, 0.1) is 5.41 Å². The quantitative estimate of drug-likeness (QED) is 0.612. The van der Waals surface area contributed by atoms with Gasteiger partial charge < -0.3 is 4.74 Å². The van der Waals surface area contributed by atoms with Gasteiger partial charge in [0.2, 0.25) is 0 Å². The highest BCUT2D eigenvalue weighted by molar-refractivity contribution is 4.73. The summed E-state index contributed by atoms with van der Waals surface area (Å²) in [6.45, 7) is 13.0. The van der Waals surface area contributed by atoms with Crippen molar-refractivity contribution in [2.75, 3.05) is 0 Å². The monoisotopic (exact) mass is 158 g/mol. The Morgan fingerprint density at radius 3 is 1.73 bits per heavy atom. The van der Waals surface area contributed by atoms with E-state index in [2.05, 4.69) is 41.5 Å². The van der Waals surface area contributed by atoms with Crippen LogP contribution in [0.1, 0.15) is 48.0 Å². The van der Waals surface area contributed by atoms with Gasteiger partial charge in [0.15, 0.2) is 0 Å². The molecule has 11 heavy (non-hydrogen) atoms. The van der Waals surface area contributed by atoms with Crippen molar-refractivity contribution in [2.45, 2.75) is 60.2 Å². The van der Waals surface area contributed by atoms with E-state index in [1.807, 2.05) is 0 Å². The van der Waals surface area contributed by atoms with Crippen molar-refractivity contribution in [2.24, 2.45) is 5.41 Å². The normalized spacial score (nSPS) is 15.5. The van der Waals surface area contributed by atoms with E-state index in [1.165, 1.54) is 0 Å². The molecule has 1 heteroatoms. The molecule has 0 bridgehead atoms. The van der Waals surface area contributed by atoms with Gasteiger partial charge in [0, 0.05) is 0 Å². The average Bonchev–Trinajstić information content (AvgIpc) is 1.79. The Morgan fingerprint density at radius 2 is 1.64 bits per heavy atom. The predicted molar refractivity (Wildman–Crippen MR) is 49.8 cm³/mol.